The van der Waals surface area contributed by atoms with Gasteiger partial charge in [-0.3, -0.25) is 4.79 Å². The maximum absolute atomic E-state index is 13.5. The normalized spacial score (nSPS) is 22.7. The van der Waals surface area contributed by atoms with Crippen molar-refractivity contribution in [1.29, 1.82) is 0 Å². The van der Waals surface area contributed by atoms with Crippen molar-refractivity contribution in [3.63, 3.8) is 0 Å². The fraction of sp³-hybridized carbons (Fsp3) is 0.391. The number of fused-ring (bicyclic) bond motifs is 1. The second kappa shape index (κ2) is 9.12. The monoisotopic (exact) mass is 445 g/mol. The SMILES string of the molecule is CN1CCC(CN(C(=O)O)C2CC(C(=O)Nc3ccc(F)c(F)c3)Oc3ccccc32)C1. The number of carbonyl (C=O) groups is 2. The van der Waals surface area contributed by atoms with Gasteiger partial charge in [-0.2, -0.15) is 0 Å². The first-order valence-corrected chi connectivity index (χ1v) is 10.5. The van der Waals surface area contributed by atoms with E-state index in [1.807, 2.05) is 7.05 Å². The Morgan fingerprint density at radius 1 is 1.22 bits per heavy atom. The van der Waals surface area contributed by atoms with Crippen LogP contribution in [0.2, 0.25) is 0 Å². The van der Waals surface area contributed by atoms with Crippen LogP contribution in [0.5, 0.6) is 5.75 Å². The zero-order valence-electron chi connectivity index (χ0n) is 17.6. The molecule has 0 aliphatic carbocycles. The lowest BCUT2D eigenvalue weighted by Gasteiger charge is -2.38. The minimum absolute atomic E-state index is 0.0944. The van der Waals surface area contributed by atoms with Crippen LogP contribution < -0.4 is 10.1 Å². The third-order valence-corrected chi connectivity index (χ3v) is 6.03. The van der Waals surface area contributed by atoms with Gasteiger partial charge in [-0.25, -0.2) is 13.6 Å². The van der Waals surface area contributed by atoms with E-state index < -0.39 is 35.8 Å². The average Bonchev–Trinajstić information content (AvgIpc) is 3.18. The van der Waals surface area contributed by atoms with Crippen LogP contribution in [0.1, 0.15) is 24.4 Å². The van der Waals surface area contributed by atoms with Gasteiger partial charge in [0.15, 0.2) is 17.7 Å². The summed E-state index contributed by atoms with van der Waals surface area (Å²) in [5.74, 6) is -2.00. The molecule has 3 unspecified atom stereocenters. The van der Waals surface area contributed by atoms with Crippen LogP contribution in [0.4, 0.5) is 19.3 Å². The predicted molar refractivity (Wildman–Crippen MR) is 114 cm³/mol. The number of likely N-dealkylation sites (tertiary alicyclic amines) is 1. The standard InChI is InChI=1S/C23H25F2N3O4/c1-27-9-8-14(12-27)13-28(23(30)31)19-11-21(32-20-5-3-2-4-16(19)20)22(29)26-15-6-7-17(24)18(25)10-15/h2-7,10,14,19,21H,8-9,11-13H2,1H3,(H,26,29)(H,30,31). The highest BCUT2D eigenvalue weighted by Gasteiger charge is 2.39. The van der Waals surface area contributed by atoms with Gasteiger partial charge in [0, 0.05) is 36.8 Å². The third kappa shape index (κ3) is 4.67. The lowest BCUT2D eigenvalue weighted by molar-refractivity contribution is -0.124. The summed E-state index contributed by atoms with van der Waals surface area (Å²) >= 11 is 0. The van der Waals surface area contributed by atoms with Gasteiger partial charge in [0.1, 0.15) is 5.75 Å². The molecule has 0 spiro atoms. The number of carboxylic acid groups (broad SMARTS) is 1. The maximum atomic E-state index is 13.5. The van der Waals surface area contributed by atoms with E-state index in [1.54, 1.807) is 24.3 Å². The van der Waals surface area contributed by atoms with Gasteiger partial charge in [-0.1, -0.05) is 18.2 Å². The molecule has 4 rings (SSSR count). The second-order valence-electron chi connectivity index (χ2n) is 8.37. The van der Waals surface area contributed by atoms with Gasteiger partial charge in [0.25, 0.3) is 5.91 Å². The Labute approximate surface area is 184 Å². The van der Waals surface area contributed by atoms with Gasteiger partial charge in [-0.15, -0.1) is 0 Å². The first-order chi connectivity index (χ1) is 15.3. The molecule has 2 aromatic carbocycles. The number of hydrogen-bond donors (Lipinski definition) is 2. The van der Waals surface area contributed by atoms with Gasteiger partial charge >= 0.3 is 6.09 Å². The Hall–Kier alpha value is -3.20. The minimum atomic E-state index is -1.07. The number of ether oxygens (including phenoxy) is 1. The number of para-hydroxylation sites is 1. The molecule has 1 fully saturated rings. The van der Waals surface area contributed by atoms with Gasteiger partial charge in [-0.05, 0) is 44.1 Å². The Kier molecular flexibility index (Phi) is 6.27. The van der Waals surface area contributed by atoms with Crippen molar-refractivity contribution < 1.29 is 28.2 Å². The van der Waals surface area contributed by atoms with E-state index in [-0.39, 0.29) is 18.0 Å². The summed E-state index contributed by atoms with van der Waals surface area (Å²) in [5.41, 5.74) is 0.801. The summed E-state index contributed by atoms with van der Waals surface area (Å²) in [5, 5.41) is 12.5. The Balaban J connectivity index is 1.56. The number of halogens is 2. The van der Waals surface area contributed by atoms with E-state index >= 15 is 0 Å². The van der Waals surface area contributed by atoms with Crippen LogP contribution in [0.3, 0.4) is 0 Å². The molecular formula is C23H25F2N3O4. The van der Waals surface area contributed by atoms with Gasteiger partial charge < -0.3 is 25.0 Å². The molecule has 0 radical (unpaired) electrons. The first-order valence-electron chi connectivity index (χ1n) is 10.5. The van der Waals surface area contributed by atoms with Crippen molar-refractivity contribution >= 4 is 17.7 Å². The molecule has 2 amide bonds. The van der Waals surface area contributed by atoms with Crippen molar-refractivity contribution in [2.24, 2.45) is 5.92 Å². The fourth-order valence-electron chi connectivity index (χ4n) is 4.44. The van der Waals surface area contributed by atoms with E-state index in [0.717, 1.165) is 31.6 Å². The number of hydrogen-bond acceptors (Lipinski definition) is 4. The van der Waals surface area contributed by atoms with E-state index in [1.165, 1.54) is 11.0 Å². The lowest BCUT2D eigenvalue weighted by atomic mass is 9.93. The highest BCUT2D eigenvalue weighted by molar-refractivity contribution is 5.94. The molecule has 2 aromatic rings. The summed E-state index contributed by atoms with van der Waals surface area (Å²) in [7, 11) is 2.01. The first kappa shape index (κ1) is 22.0. The highest BCUT2D eigenvalue weighted by atomic mass is 19.2. The van der Waals surface area contributed by atoms with Crippen LogP contribution in [-0.4, -0.2) is 59.7 Å². The fourth-order valence-corrected chi connectivity index (χ4v) is 4.44. The van der Waals surface area contributed by atoms with Gasteiger partial charge in [0.2, 0.25) is 0 Å². The summed E-state index contributed by atoms with van der Waals surface area (Å²) in [6, 6.07) is 9.57. The van der Waals surface area contributed by atoms with Crippen molar-refractivity contribution in [3.8, 4) is 5.75 Å². The summed E-state index contributed by atoms with van der Waals surface area (Å²) in [4.78, 5) is 28.6. The number of anilines is 1. The zero-order valence-corrected chi connectivity index (χ0v) is 17.6. The molecule has 0 aromatic heterocycles. The number of carbonyl (C=O) groups excluding carboxylic acids is 1. The molecule has 0 saturated carbocycles. The number of nitrogens with one attached hydrogen (secondary N) is 1. The molecule has 2 aliphatic heterocycles. The zero-order chi connectivity index (χ0) is 22.8. The van der Waals surface area contributed by atoms with E-state index in [4.69, 9.17) is 4.74 Å². The molecule has 0 bridgehead atoms. The molecule has 1 saturated heterocycles. The quantitative estimate of drug-likeness (QED) is 0.733. The second-order valence-corrected chi connectivity index (χ2v) is 8.37. The van der Waals surface area contributed by atoms with Crippen molar-refractivity contribution in [2.45, 2.75) is 25.0 Å². The molecule has 3 atom stereocenters. The third-order valence-electron chi connectivity index (χ3n) is 6.03. The van der Waals surface area contributed by atoms with E-state index in [2.05, 4.69) is 10.2 Å². The molecule has 2 heterocycles. The predicted octanol–water partition coefficient (Wildman–Crippen LogP) is 3.73. The molecule has 9 heteroatoms. The lowest BCUT2D eigenvalue weighted by Crippen LogP contribution is -2.45. The summed E-state index contributed by atoms with van der Waals surface area (Å²) < 4.78 is 32.6. The summed E-state index contributed by atoms with van der Waals surface area (Å²) in [6.45, 7) is 2.09. The largest absolute Gasteiger partial charge is 0.480 e. The van der Waals surface area contributed by atoms with Crippen LogP contribution >= 0.6 is 0 Å². The number of benzene rings is 2. The Bertz CT molecular complexity index is 1020. The topological polar surface area (TPSA) is 82.1 Å². The average molecular weight is 445 g/mol. The van der Waals surface area contributed by atoms with Crippen LogP contribution in [0, 0.1) is 17.6 Å². The highest BCUT2D eigenvalue weighted by Crippen LogP contribution is 2.39. The maximum Gasteiger partial charge on any atom is 0.407 e. The molecule has 170 valence electrons. The van der Waals surface area contributed by atoms with Gasteiger partial charge in [0.05, 0.1) is 6.04 Å². The molecular weight excluding hydrogens is 420 g/mol. The molecule has 32 heavy (non-hydrogen) atoms. The number of amides is 2. The smallest absolute Gasteiger partial charge is 0.407 e. The van der Waals surface area contributed by atoms with Crippen molar-refractivity contribution in [2.75, 3.05) is 32.0 Å². The molecule has 7 nitrogen and oxygen atoms in total. The van der Waals surface area contributed by atoms with Crippen molar-refractivity contribution in [3.05, 3.63) is 59.7 Å². The van der Waals surface area contributed by atoms with Crippen LogP contribution in [0.15, 0.2) is 42.5 Å². The molecule has 2 aliphatic rings. The minimum Gasteiger partial charge on any atom is -0.480 e. The number of nitrogens with zero attached hydrogens (tertiary/aromatic N) is 2. The number of rotatable bonds is 5. The van der Waals surface area contributed by atoms with Crippen LogP contribution in [-0.2, 0) is 4.79 Å². The van der Waals surface area contributed by atoms with Crippen molar-refractivity contribution in [1.82, 2.24) is 9.80 Å². The summed E-state index contributed by atoms with van der Waals surface area (Å²) in [6.07, 6.45) is -1.02. The van der Waals surface area contributed by atoms with E-state index in [0.29, 0.717) is 17.9 Å². The molecule has 2 N–H and O–H groups in total. The Morgan fingerprint density at radius 3 is 2.69 bits per heavy atom. The Morgan fingerprint density at radius 2 is 2.00 bits per heavy atom. The van der Waals surface area contributed by atoms with Crippen LogP contribution in [0.25, 0.3) is 0 Å². The van der Waals surface area contributed by atoms with E-state index in [9.17, 15) is 23.5 Å².